The van der Waals surface area contributed by atoms with Gasteiger partial charge in [-0.3, -0.25) is 0 Å². The van der Waals surface area contributed by atoms with Crippen molar-refractivity contribution in [1.29, 1.82) is 0 Å². The van der Waals surface area contributed by atoms with Crippen LogP contribution in [0.4, 0.5) is 11.4 Å². The number of ether oxygens (including phenoxy) is 1. The third-order valence-electron chi connectivity index (χ3n) is 2.59. The van der Waals surface area contributed by atoms with Gasteiger partial charge in [0.2, 0.25) is 0 Å². The summed E-state index contributed by atoms with van der Waals surface area (Å²) in [4.78, 5) is 0.166. The molecule has 0 aliphatic heterocycles. The number of rotatable bonds is 8. The molecule has 0 atom stereocenters. The van der Waals surface area contributed by atoms with Crippen molar-refractivity contribution < 1.29 is 13.2 Å². The zero-order chi connectivity index (χ0) is 14.3. The summed E-state index contributed by atoms with van der Waals surface area (Å²) >= 11 is 0. The Balaban J connectivity index is 2.56. The Kier molecular flexibility index (Phi) is 6.11. The van der Waals surface area contributed by atoms with E-state index in [2.05, 4.69) is 12.2 Å². The summed E-state index contributed by atoms with van der Waals surface area (Å²) < 4.78 is 28.4. The minimum atomic E-state index is -3.29. The molecule has 5 nitrogen and oxygen atoms in total. The highest BCUT2D eigenvalue weighted by atomic mass is 32.2. The van der Waals surface area contributed by atoms with Gasteiger partial charge in [-0.25, -0.2) is 8.42 Å². The number of anilines is 2. The van der Waals surface area contributed by atoms with Crippen molar-refractivity contribution in [3.63, 3.8) is 0 Å². The molecule has 0 amide bonds. The van der Waals surface area contributed by atoms with Crippen LogP contribution in [0.1, 0.15) is 19.8 Å². The molecular weight excluding hydrogens is 264 g/mol. The monoisotopic (exact) mass is 286 g/mol. The van der Waals surface area contributed by atoms with Crippen LogP contribution in [0.2, 0.25) is 0 Å². The number of nitrogens with one attached hydrogen (secondary N) is 1. The van der Waals surface area contributed by atoms with E-state index in [1.54, 1.807) is 12.1 Å². The van der Waals surface area contributed by atoms with Gasteiger partial charge in [-0.1, -0.05) is 13.0 Å². The first-order valence-electron chi connectivity index (χ1n) is 6.37. The number of para-hydroxylation sites is 1. The number of hydrogen-bond acceptors (Lipinski definition) is 5. The minimum absolute atomic E-state index is 0.166. The Hall–Kier alpha value is -1.27. The second-order valence-electron chi connectivity index (χ2n) is 4.38. The summed E-state index contributed by atoms with van der Waals surface area (Å²) in [6.45, 7) is 4.22. The Morgan fingerprint density at radius 2 is 2.05 bits per heavy atom. The van der Waals surface area contributed by atoms with E-state index < -0.39 is 9.84 Å². The lowest BCUT2D eigenvalue weighted by Crippen LogP contribution is -2.10. The third kappa shape index (κ3) is 5.08. The molecular formula is C13H22N2O3S. The predicted octanol–water partition coefficient (Wildman–Crippen LogP) is 1.90. The van der Waals surface area contributed by atoms with Gasteiger partial charge in [0.25, 0.3) is 0 Å². The lowest BCUT2D eigenvalue weighted by molar-refractivity contribution is 0.134. The number of nitrogens with two attached hydrogens (primary N) is 1. The Morgan fingerprint density at radius 3 is 2.68 bits per heavy atom. The van der Waals surface area contributed by atoms with Crippen LogP contribution in [-0.2, 0) is 14.6 Å². The Labute approximate surface area is 115 Å². The molecule has 0 heterocycles. The van der Waals surface area contributed by atoms with Crippen LogP contribution < -0.4 is 11.1 Å². The number of sulfone groups is 1. The Bertz CT molecular complexity index is 501. The van der Waals surface area contributed by atoms with E-state index >= 15 is 0 Å². The van der Waals surface area contributed by atoms with Gasteiger partial charge in [0, 0.05) is 26.0 Å². The van der Waals surface area contributed by atoms with Gasteiger partial charge in [0.15, 0.2) is 9.84 Å². The number of nitrogen functional groups attached to an aromatic ring is 1. The van der Waals surface area contributed by atoms with Gasteiger partial charge >= 0.3 is 0 Å². The highest BCUT2D eigenvalue weighted by molar-refractivity contribution is 7.90. The average molecular weight is 286 g/mol. The highest BCUT2D eigenvalue weighted by Crippen LogP contribution is 2.26. The van der Waals surface area contributed by atoms with E-state index in [0.717, 1.165) is 25.7 Å². The lowest BCUT2D eigenvalue weighted by Gasteiger charge is -2.12. The second kappa shape index (κ2) is 7.35. The molecule has 0 aliphatic rings. The summed E-state index contributed by atoms with van der Waals surface area (Å²) in [5.74, 6) is 0. The van der Waals surface area contributed by atoms with Crippen molar-refractivity contribution in [3.8, 4) is 0 Å². The first-order chi connectivity index (χ1) is 8.96. The van der Waals surface area contributed by atoms with Crippen molar-refractivity contribution in [2.45, 2.75) is 24.7 Å². The maximum Gasteiger partial charge on any atom is 0.177 e. The van der Waals surface area contributed by atoms with Crippen molar-refractivity contribution in [1.82, 2.24) is 0 Å². The smallest absolute Gasteiger partial charge is 0.177 e. The summed E-state index contributed by atoms with van der Waals surface area (Å²) in [5.41, 5.74) is 6.79. The van der Waals surface area contributed by atoms with Gasteiger partial charge < -0.3 is 15.8 Å². The van der Waals surface area contributed by atoms with E-state index in [1.165, 1.54) is 6.07 Å². The van der Waals surface area contributed by atoms with Crippen molar-refractivity contribution in [2.24, 2.45) is 0 Å². The zero-order valence-electron chi connectivity index (χ0n) is 11.5. The maximum absolute atomic E-state index is 11.5. The third-order valence-corrected chi connectivity index (χ3v) is 3.75. The summed E-state index contributed by atoms with van der Waals surface area (Å²) in [6.07, 6.45) is 3.01. The van der Waals surface area contributed by atoms with Gasteiger partial charge in [-0.2, -0.15) is 0 Å². The quantitative estimate of drug-likeness (QED) is 0.563. The van der Waals surface area contributed by atoms with Crippen molar-refractivity contribution in [2.75, 3.05) is 37.1 Å². The van der Waals surface area contributed by atoms with Crippen LogP contribution in [-0.4, -0.2) is 34.4 Å². The second-order valence-corrected chi connectivity index (χ2v) is 6.37. The molecule has 3 N–H and O–H groups in total. The van der Waals surface area contributed by atoms with Gasteiger partial charge in [-0.15, -0.1) is 0 Å². The van der Waals surface area contributed by atoms with Crippen LogP contribution in [0, 0.1) is 0 Å². The molecule has 1 aromatic rings. The molecule has 1 aromatic carbocycles. The first kappa shape index (κ1) is 15.8. The van der Waals surface area contributed by atoms with Crippen LogP contribution in [0.15, 0.2) is 23.1 Å². The number of benzene rings is 1. The maximum atomic E-state index is 11.5. The molecule has 6 heteroatoms. The number of hydrogen-bond donors (Lipinski definition) is 2. The Morgan fingerprint density at radius 1 is 1.32 bits per heavy atom. The molecule has 0 aromatic heterocycles. The lowest BCUT2D eigenvalue weighted by atomic mass is 10.2. The zero-order valence-corrected chi connectivity index (χ0v) is 12.3. The summed E-state index contributed by atoms with van der Waals surface area (Å²) in [5, 5.41) is 3.13. The fraction of sp³-hybridized carbons (Fsp3) is 0.538. The fourth-order valence-corrected chi connectivity index (χ4v) is 2.50. The molecule has 0 spiro atoms. The van der Waals surface area contributed by atoms with E-state index in [0.29, 0.717) is 18.8 Å². The molecule has 108 valence electrons. The molecule has 0 bridgehead atoms. The van der Waals surface area contributed by atoms with Crippen molar-refractivity contribution in [3.05, 3.63) is 18.2 Å². The molecule has 0 aliphatic carbocycles. The summed E-state index contributed by atoms with van der Waals surface area (Å²) in [7, 11) is -3.29. The van der Waals surface area contributed by atoms with Crippen LogP contribution in [0.3, 0.4) is 0 Å². The van der Waals surface area contributed by atoms with Crippen LogP contribution in [0.5, 0.6) is 0 Å². The van der Waals surface area contributed by atoms with Crippen LogP contribution >= 0.6 is 0 Å². The SMILES string of the molecule is CCCOCCCNc1cccc(S(C)(=O)=O)c1N. The average Bonchev–Trinajstić information content (AvgIpc) is 2.34. The molecule has 0 saturated carbocycles. The van der Waals surface area contributed by atoms with Gasteiger partial charge in [-0.05, 0) is 25.0 Å². The normalized spacial score (nSPS) is 11.5. The van der Waals surface area contributed by atoms with Crippen LogP contribution in [0.25, 0.3) is 0 Å². The topological polar surface area (TPSA) is 81.4 Å². The molecule has 0 saturated heterocycles. The van der Waals surface area contributed by atoms with E-state index in [4.69, 9.17) is 10.5 Å². The van der Waals surface area contributed by atoms with Crippen molar-refractivity contribution >= 4 is 21.2 Å². The van der Waals surface area contributed by atoms with Gasteiger partial charge in [0.05, 0.1) is 16.3 Å². The fourth-order valence-electron chi connectivity index (χ4n) is 1.67. The summed E-state index contributed by atoms with van der Waals surface area (Å²) in [6, 6.07) is 4.97. The van der Waals surface area contributed by atoms with E-state index in [9.17, 15) is 8.42 Å². The first-order valence-corrected chi connectivity index (χ1v) is 8.26. The minimum Gasteiger partial charge on any atom is -0.396 e. The molecule has 0 unspecified atom stereocenters. The van der Waals surface area contributed by atoms with E-state index in [1.807, 2.05) is 0 Å². The predicted molar refractivity (Wildman–Crippen MR) is 78.2 cm³/mol. The van der Waals surface area contributed by atoms with E-state index in [-0.39, 0.29) is 10.6 Å². The molecule has 19 heavy (non-hydrogen) atoms. The van der Waals surface area contributed by atoms with Gasteiger partial charge in [0.1, 0.15) is 0 Å². The molecule has 0 fully saturated rings. The highest BCUT2D eigenvalue weighted by Gasteiger charge is 2.13. The molecule has 0 radical (unpaired) electrons. The molecule has 1 rings (SSSR count). The standard InChI is InChI=1S/C13H22N2O3S/c1-3-9-18-10-5-8-15-11-6-4-7-12(13(11)14)19(2,16)17/h4,6-7,15H,3,5,8-10,14H2,1-2H3. The largest absolute Gasteiger partial charge is 0.396 e.